The summed E-state index contributed by atoms with van der Waals surface area (Å²) in [6.07, 6.45) is 8.52. The monoisotopic (exact) mass is 330 g/mol. The fourth-order valence-electron chi connectivity index (χ4n) is 3.30. The van der Waals surface area contributed by atoms with E-state index in [2.05, 4.69) is 22.1 Å². The lowest BCUT2D eigenvalue weighted by atomic mass is 9.82. The number of hydrogen-bond donors (Lipinski definition) is 0. The number of hydrogen-bond acceptors (Lipinski definition) is 4. The molecule has 0 saturated carbocycles. The minimum atomic E-state index is 0.484. The second-order valence-corrected chi connectivity index (χ2v) is 6.20. The van der Waals surface area contributed by atoms with E-state index >= 15 is 0 Å². The predicted molar refractivity (Wildman–Crippen MR) is 97.8 cm³/mol. The van der Waals surface area contributed by atoms with E-state index in [0.717, 1.165) is 24.8 Å². The van der Waals surface area contributed by atoms with Crippen molar-refractivity contribution in [2.75, 3.05) is 0 Å². The Kier molecular flexibility index (Phi) is 5.15. The largest absolute Gasteiger partial charge is 0.240 e. The maximum atomic E-state index is 10.4. The Morgan fingerprint density at radius 2 is 1.76 bits per heavy atom. The van der Waals surface area contributed by atoms with Crippen LogP contribution in [0.4, 0.5) is 11.4 Å². The summed E-state index contributed by atoms with van der Waals surface area (Å²) in [6.45, 7) is 1.95. The molecule has 0 aromatic heterocycles. The molecule has 2 aromatic rings. The van der Waals surface area contributed by atoms with Gasteiger partial charge in [0.05, 0.1) is 11.4 Å². The molecule has 0 aliphatic heterocycles. The molecule has 1 aliphatic carbocycles. The molecule has 0 amide bonds. The molecule has 124 valence electrons. The van der Waals surface area contributed by atoms with Gasteiger partial charge in [0.1, 0.15) is 0 Å². The van der Waals surface area contributed by atoms with Gasteiger partial charge in [-0.3, -0.25) is 0 Å². The van der Waals surface area contributed by atoms with Crippen LogP contribution in [0.1, 0.15) is 41.9 Å². The average molecular weight is 330 g/mol. The van der Waals surface area contributed by atoms with Crippen molar-refractivity contribution < 1.29 is 9.59 Å². The van der Waals surface area contributed by atoms with Crippen LogP contribution in [0.15, 0.2) is 58.5 Å². The van der Waals surface area contributed by atoms with Gasteiger partial charge < -0.3 is 0 Å². The van der Waals surface area contributed by atoms with E-state index in [4.69, 9.17) is 0 Å². The third-order valence-electron chi connectivity index (χ3n) is 4.68. The van der Waals surface area contributed by atoms with Gasteiger partial charge in [0, 0.05) is 0 Å². The van der Waals surface area contributed by atoms with Crippen molar-refractivity contribution in [3.8, 4) is 0 Å². The number of aliphatic imine (C=N–C) groups is 2. The van der Waals surface area contributed by atoms with Crippen molar-refractivity contribution in [1.29, 1.82) is 0 Å². The molecule has 0 heterocycles. The molecule has 4 heteroatoms. The van der Waals surface area contributed by atoms with E-state index in [-0.39, 0.29) is 0 Å². The number of benzene rings is 2. The predicted octanol–water partition coefficient (Wildman–Crippen LogP) is 5.28. The summed E-state index contributed by atoms with van der Waals surface area (Å²) in [5, 5.41) is 0. The first-order valence-electron chi connectivity index (χ1n) is 8.27. The molecule has 0 N–H and O–H groups in total. The van der Waals surface area contributed by atoms with E-state index in [1.54, 1.807) is 12.2 Å². The summed E-state index contributed by atoms with van der Waals surface area (Å²) in [6, 6.07) is 13.8. The summed E-state index contributed by atoms with van der Waals surface area (Å²) in [5.74, 6) is 0.484. The highest BCUT2D eigenvalue weighted by Gasteiger charge is 2.17. The molecule has 0 spiro atoms. The van der Waals surface area contributed by atoms with Gasteiger partial charge >= 0.3 is 0 Å². The third-order valence-corrected chi connectivity index (χ3v) is 4.68. The lowest BCUT2D eigenvalue weighted by Crippen LogP contribution is -2.04. The first-order valence-corrected chi connectivity index (χ1v) is 8.27. The smallest absolute Gasteiger partial charge is 0.211 e. The van der Waals surface area contributed by atoms with Crippen molar-refractivity contribution in [2.24, 2.45) is 9.98 Å². The molecule has 25 heavy (non-hydrogen) atoms. The van der Waals surface area contributed by atoms with Crippen LogP contribution >= 0.6 is 0 Å². The molecule has 1 aliphatic rings. The van der Waals surface area contributed by atoms with E-state index < -0.39 is 0 Å². The number of rotatable bonds is 4. The summed E-state index contributed by atoms with van der Waals surface area (Å²) in [4.78, 5) is 28.0. The van der Waals surface area contributed by atoms with Crippen molar-refractivity contribution in [2.45, 2.75) is 32.1 Å². The van der Waals surface area contributed by atoms with Crippen molar-refractivity contribution >= 4 is 29.1 Å². The highest BCUT2D eigenvalue weighted by atomic mass is 16.1. The maximum Gasteiger partial charge on any atom is 0.240 e. The van der Waals surface area contributed by atoms with Crippen molar-refractivity contribution in [3.63, 3.8) is 0 Å². The highest BCUT2D eigenvalue weighted by molar-refractivity contribution is 5.70. The van der Waals surface area contributed by atoms with Crippen LogP contribution < -0.4 is 0 Å². The van der Waals surface area contributed by atoms with Crippen LogP contribution in [0.2, 0.25) is 0 Å². The molecule has 4 nitrogen and oxygen atoms in total. The van der Waals surface area contributed by atoms with Crippen LogP contribution in [0.3, 0.4) is 0 Å². The Hall–Kier alpha value is -3.06. The van der Waals surface area contributed by atoms with E-state index in [1.165, 1.54) is 16.7 Å². The number of nitrogens with zero attached hydrogens (tertiary/aromatic N) is 2. The molecule has 0 fully saturated rings. The van der Waals surface area contributed by atoms with Crippen LogP contribution in [0.5, 0.6) is 0 Å². The lowest BCUT2D eigenvalue weighted by molar-refractivity contribution is 0.564. The summed E-state index contributed by atoms with van der Waals surface area (Å²) in [5.41, 5.74) is 6.09. The molecule has 0 saturated heterocycles. The van der Waals surface area contributed by atoms with E-state index in [1.807, 2.05) is 43.3 Å². The van der Waals surface area contributed by atoms with Gasteiger partial charge in [0.25, 0.3) is 0 Å². The summed E-state index contributed by atoms with van der Waals surface area (Å²) in [7, 11) is 0. The average Bonchev–Trinajstić information content (AvgIpc) is 2.65. The third kappa shape index (κ3) is 3.89. The number of allylic oxidation sites excluding steroid dienone is 2. The minimum absolute atomic E-state index is 0.484. The molecule has 1 atom stereocenters. The van der Waals surface area contributed by atoms with Gasteiger partial charge in [-0.1, -0.05) is 24.3 Å². The van der Waals surface area contributed by atoms with Gasteiger partial charge in [0.2, 0.25) is 12.2 Å². The van der Waals surface area contributed by atoms with Crippen LogP contribution in [-0.2, 0) is 9.59 Å². The van der Waals surface area contributed by atoms with Gasteiger partial charge in [-0.15, -0.1) is 0 Å². The van der Waals surface area contributed by atoms with Crippen LogP contribution in [-0.4, -0.2) is 12.2 Å². The van der Waals surface area contributed by atoms with Crippen molar-refractivity contribution in [1.82, 2.24) is 0 Å². The molecular weight excluding hydrogens is 312 g/mol. The Morgan fingerprint density at radius 1 is 1.00 bits per heavy atom. The fourth-order valence-corrected chi connectivity index (χ4v) is 3.30. The van der Waals surface area contributed by atoms with Crippen LogP contribution in [0.25, 0.3) is 5.57 Å². The standard InChI is InChI=1S/C21H18N2O2/c1-15-12-19(8-11-21(15)23-14-25)18-4-2-16(3-5-18)17-6-9-20(10-7-17)22-13-24/h4,6-12,16H,2-3,5H2,1H3. The van der Waals surface area contributed by atoms with E-state index in [9.17, 15) is 9.59 Å². The fraction of sp³-hybridized carbons (Fsp3) is 0.238. The lowest BCUT2D eigenvalue weighted by Gasteiger charge is -2.23. The summed E-state index contributed by atoms with van der Waals surface area (Å²) < 4.78 is 0. The number of aryl methyl sites for hydroxylation is 1. The SMILES string of the molecule is Cc1cc(C2=CCC(c3ccc(N=C=O)cc3)CC2)ccc1N=C=O. The zero-order valence-corrected chi connectivity index (χ0v) is 14.0. The Bertz CT molecular complexity index is 900. The number of carbonyl (C=O) groups excluding carboxylic acids is 2. The second kappa shape index (κ2) is 7.67. The zero-order chi connectivity index (χ0) is 17.6. The Labute approximate surface area is 146 Å². The van der Waals surface area contributed by atoms with Gasteiger partial charge in [-0.05, 0) is 78.6 Å². The topological polar surface area (TPSA) is 58.9 Å². The second-order valence-electron chi connectivity index (χ2n) is 6.20. The van der Waals surface area contributed by atoms with Crippen molar-refractivity contribution in [3.05, 3.63) is 65.2 Å². The molecule has 1 unspecified atom stereocenters. The molecule has 3 rings (SSSR count). The van der Waals surface area contributed by atoms with E-state index in [0.29, 0.717) is 17.3 Å². The maximum absolute atomic E-state index is 10.4. The molecular formula is C21H18N2O2. The Morgan fingerprint density at radius 3 is 2.36 bits per heavy atom. The number of isocyanates is 2. The quantitative estimate of drug-likeness (QED) is 0.565. The first-order chi connectivity index (χ1) is 12.2. The van der Waals surface area contributed by atoms with Gasteiger partial charge in [-0.25, -0.2) is 9.59 Å². The van der Waals surface area contributed by atoms with Gasteiger partial charge in [0.15, 0.2) is 0 Å². The first kappa shape index (κ1) is 16.8. The highest BCUT2D eigenvalue weighted by Crippen LogP contribution is 2.37. The van der Waals surface area contributed by atoms with Gasteiger partial charge in [-0.2, -0.15) is 9.98 Å². The zero-order valence-electron chi connectivity index (χ0n) is 14.0. The molecule has 0 radical (unpaired) electrons. The minimum Gasteiger partial charge on any atom is -0.211 e. The molecule has 2 aromatic carbocycles. The summed E-state index contributed by atoms with van der Waals surface area (Å²) >= 11 is 0. The Balaban J connectivity index is 1.75. The van der Waals surface area contributed by atoms with Crippen LogP contribution in [0, 0.1) is 6.92 Å². The molecule has 0 bridgehead atoms. The normalized spacial score (nSPS) is 16.4.